The molecule has 3 nitrogen and oxygen atoms in total. The summed E-state index contributed by atoms with van der Waals surface area (Å²) in [6, 6.07) is 14.5. The lowest BCUT2D eigenvalue weighted by Gasteiger charge is -2.17. The summed E-state index contributed by atoms with van der Waals surface area (Å²) in [6.45, 7) is 2.73. The van der Waals surface area contributed by atoms with Crippen molar-refractivity contribution in [1.29, 1.82) is 0 Å². The van der Waals surface area contributed by atoms with E-state index in [2.05, 4.69) is 21.2 Å². The fraction of sp³-hybridized carbons (Fsp3) is 0.278. The number of rotatable bonds is 6. The highest BCUT2D eigenvalue weighted by molar-refractivity contribution is 9.10. The number of halogens is 2. The first-order valence-electron chi connectivity index (χ1n) is 7.55. The van der Waals surface area contributed by atoms with Gasteiger partial charge in [0.2, 0.25) is 0 Å². The molecular weight excluding hydrogens is 359 g/mol. The first kappa shape index (κ1) is 17.6. The lowest BCUT2D eigenvalue weighted by molar-refractivity contribution is -0.885. The SMILES string of the molecule is C[C@H](NC(=O)C[NH+](C)Cc1ccccc1F)c1ccc(Br)cc1. The van der Waals surface area contributed by atoms with Gasteiger partial charge in [0.05, 0.1) is 13.1 Å². The van der Waals surface area contributed by atoms with Gasteiger partial charge in [-0.2, -0.15) is 0 Å². The Bertz CT molecular complexity index is 660. The number of quaternary nitrogens is 1. The van der Waals surface area contributed by atoms with Crippen LogP contribution in [0, 0.1) is 5.82 Å². The molecule has 0 aliphatic carbocycles. The highest BCUT2D eigenvalue weighted by Crippen LogP contribution is 2.16. The molecule has 122 valence electrons. The Morgan fingerprint density at radius 3 is 2.52 bits per heavy atom. The molecule has 0 aromatic heterocycles. The van der Waals surface area contributed by atoms with E-state index in [0.29, 0.717) is 18.7 Å². The molecule has 0 saturated carbocycles. The third-order valence-electron chi connectivity index (χ3n) is 3.66. The first-order chi connectivity index (χ1) is 11.0. The van der Waals surface area contributed by atoms with Crippen LogP contribution in [0.5, 0.6) is 0 Å². The Kier molecular flexibility index (Phi) is 6.30. The molecule has 2 rings (SSSR count). The van der Waals surface area contributed by atoms with Gasteiger partial charge in [0.1, 0.15) is 12.4 Å². The lowest BCUT2D eigenvalue weighted by Crippen LogP contribution is -3.09. The van der Waals surface area contributed by atoms with Crippen LogP contribution >= 0.6 is 15.9 Å². The molecular formula is C18H21BrFN2O+. The number of nitrogens with one attached hydrogen (secondary N) is 2. The standard InChI is InChI=1S/C18H20BrFN2O/c1-13(14-7-9-16(19)10-8-14)21-18(23)12-22(2)11-15-5-3-4-6-17(15)20/h3-10,13H,11-12H2,1-2H3,(H,21,23)/p+1/t13-/m0/s1. The van der Waals surface area contributed by atoms with Gasteiger partial charge in [-0.25, -0.2) is 4.39 Å². The predicted octanol–water partition coefficient (Wildman–Crippen LogP) is 2.48. The van der Waals surface area contributed by atoms with Gasteiger partial charge >= 0.3 is 0 Å². The Hall–Kier alpha value is -1.72. The van der Waals surface area contributed by atoms with Crippen molar-refractivity contribution in [3.05, 3.63) is 69.9 Å². The second kappa shape index (κ2) is 8.22. The first-order valence-corrected chi connectivity index (χ1v) is 8.34. The molecule has 0 heterocycles. The summed E-state index contributed by atoms with van der Waals surface area (Å²) in [6.07, 6.45) is 0. The maximum atomic E-state index is 13.6. The fourth-order valence-corrected chi connectivity index (χ4v) is 2.70. The molecule has 0 radical (unpaired) electrons. The Morgan fingerprint density at radius 1 is 1.22 bits per heavy atom. The Balaban J connectivity index is 1.86. The monoisotopic (exact) mass is 379 g/mol. The van der Waals surface area contributed by atoms with Crippen LogP contribution < -0.4 is 10.2 Å². The van der Waals surface area contributed by atoms with Gasteiger partial charge in [-0.1, -0.05) is 46.3 Å². The zero-order chi connectivity index (χ0) is 16.8. The van der Waals surface area contributed by atoms with Gasteiger partial charge in [0.15, 0.2) is 6.54 Å². The maximum absolute atomic E-state index is 13.6. The maximum Gasteiger partial charge on any atom is 0.275 e. The summed E-state index contributed by atoms with van der Waals surface area (Å²) in [5.74, 6) is -0.273. The van der Waals surface area contributed by atoms with Crippen molar-refractivity contribution in [1.82, 2.24) is 5.32 Å². The summed E-state index contributed by atoms with van der Waals surface area (Å²) in [7, 11) is 1.89. The summed E-state index contributed by atoms with van der Waals surface area (Å²) in [5, 5.41) is 2.98. The average molecular weight is 380 g/mol. The van der Waals surface area contributed by atoms with Crippen LogP contribution in [0.25, 0.3) is 0 Å². The molecule has 2 N–H and O–H groups in total. The second-order valence-electron chi connectivity index (χ2n) is 5.74. The van der Waals surface area contributed by atoms with Gasteiger partial charge in [0, 0.05) is 10.0 Å². The molecule has 0 fully saturated rings. The molecule has 2 atom stereocenters. The summed E-state index contributed by atoms with van der Waals surface area (Å²) in [5.41, 5.74) is 1.67. The van der Waals surface area contributed by atoms with E-state index in [1.807, 2.05) is 38.2 Å². The second-order valence-corrected chi connectivity index (χ2v) is 6.66. The fourth-order valence-electron chi connectivity index (χ4n) is 2.43. The zero-order valence-electron chi connectivity index (χ0n) is 13.3. The number of carbonyl (C=O) groups excluding carboxylic acids is 1. The topological polar surface area (TPSA) is 33.5 Å². The normalized spacial score (nSPS) is 13.4. The molecule has 1 unspecified atom stereocenters. The minimum absolute atomic E-state index is 0.0470. The van der Waals surface area contributed by atoms with Crippen molar-refractivity contribution in [2.75, 3.05) is 13.6 Å². The minimum Gasteiger partial charge on any atom is -0.345 e. The third-order valence-corrected chi connectivity index (χ3v) is 4.19. The largest absolute Gasteiger partial charge is 0.345 e. The Morgan fingerprint density at radius 2 is 1.87 bits per heavy atom. The number of benzene rings is 2. The number of amides is 1. The van der Waals surface area contributed by atoms with Gasteiger partial charge in [-0.05, 0) is 30.7 Å². The molecule has 2 aromatic carbocycles. The summed E-state index contributed by atoms with van der Waals surface area (Å²) in [4.78, 5) is 13.1. The van der Waals surface area contributed by atoms with E-state index < -0.39 is 0 Å². The number of hydrogen-bond donors (Lipinski definition) is 2. The molecule has 0 saturated heterocycles. The smallest absolute Gasteiger partial charge is 0.275 e. The average Bonchev–Trinajstić information content (AvgIpc) is 2.50. The molecule has 23 heavy (non-hydrogen) atoms. The number of hydrogen-bond acceptors (Lipinski definition) is 1. The van der Waals surface area contributed by atoms with Crippen LogP contribution in [-0.4, -0.2) is 19.5 Å². The molecule has 1 amide bonds. The van der Waals surface area contributed by atoms with E-state index in [1.54, 1.807) is 18.2 Å². The lowest BCUT2D eigenvalue weighted by atomic mass is 10.1. The summed E-state index contributed by atoms with van der Waals surface area (Å²) >= 11 is 3.39. The number of carbonyl (C=O) groups is 1. The highest BCUT2D eigenvalue weighted by Gasteiger charge is 2.15. The van der Waals surface area contributed by atoms with E-state index in [-0.39, 0.29) is 17.8 Å². The van der Waals surface area contributed by atoms with Crippen LogP contribution in [0.3, 0.4) is 0 Å². The van der Waals surface area contributed by atoms with Crippen molar-refractivity contribution in [2.45, 2.75) is 19.5 Å². The molecule has 5 heteroatoms. The van der Waals surface area contributed by atoms with Crippen molar-refractivity contribution in [3.63, 3.8) is 0 Å². The minimum atomic E-state index is -0.226. The van der Waals surface area contributed by atoms with E-state index in [1.165, 1.54) is 6.07 Å². The highest BCUT2D eigenvalue weighted by atomic mass is 79.9. The van der Waals surface area contributed by atoms with Crippen molar-refractivity contribution in [2.24, 2.45) is 0 Å². The molecule has 0 spiro atoms. The zero-order valence-corrected chi connectivity index (χ0v) is 14.9. The van der Waals surface area contributed by atoms with Crippen LogP contribution in [0.1, 0.15) is 24.1 Å². The van der Waals surface area contributed by atoms with E-state index in [4.69, 9.17) is 0 Å². The van der Waals surface area contributed by atoms with Crippen LogP contribution in [0.4, 0.5) is 4.39 Å². The van der Waals surface area contributed by atoms with E-state index in [9.17, 15) is 9.18 Å². The Labute approximate surface area is 144 Å². The van der Waals surface area contributed by atoms with Gasteiger partial charge < -0.3 is 10.2 Å². The van der Waals surface area contributed by atoms with Crippen molar-refractivity contribution >= 4 is 21.8 Å². The quantitative estimate of drug-likeness (QED) is 0.794. The van der Waals surface area contributed by atoms with Crippen LogP contribution in [-0.2, 0) is 11.3 Å². The van der Waals surface area contributed by atoms with Gasteiger partial charge in [-0.3, -0.25) is 4.79 Å². The van der Waals surface area contributed by atoms with Gasteiger partial charge in [0.25, 0.3) is 5.91 Å². The van der Waals surface area contributed by atoms with E-state index in [0.717, 1.165) is 14.9 Å². The third kappa shape index (κ3) is 5.44. The molecule has 0 aliphatic rings. The predicted molar refractivity (Wildman–Crippen MR) is 92.6 cm³/mol. The molecule has 0 bridgehead atoms. The number of likely N-dealkylation sites (N-methyl/N-ethyl adjacent to an activating group) is 1. The van der Waals surface area contributed by atoms with Crippen molar-refractivity contribution in [3.8, 4) is 0 Å². The van der Waals surface area contributed by atoms with Crippen LogP contribution in [0.15, 0.2) is 53.0 Å². The van der Waals surface area contributed by atoms with Crippen molar-refractivity contribution < 1.29 is 14.1 Å². The molecule has 0 aliphatic heterocycles. The van der Waals surface area contributed by atoms with Gasteiger partial charge in [-0.15, -0.1) is 0 Å². The van der Waals surface area contributed by atoms with Crippen LogP contribution in [0.2, 0.25) is 0 Å². The summed E-state index contributed by atoms with van der Waals surface area (Å²) < 4.78 is 14.6. The molecule has 2 aromatic rings. The van der Waals surface area contributed by atoms with E-state index >= 15 is 0 Å².